The fourth-order valence-corrected chi connectivity index (χ4v) is 3.92. The molecule has 22 heavy (non-hydrogen) atoms. The smallest absolute Gasteiger partial charge is 0.174 e. The van der Waals surface area contributed by atoms with Crippen LogP contribution >= 0.6 is 12.2 Å². The van der Waals surface area contributed by atoms with Crippen LogP contribution in [0.1, 0.15) is 36.9 Å². The number of imidazole rings is 1. The molecule has 4 heteroatoms. The highest BCUT2D eigenvalue weighted by atomic mass is 32.1. The number of nitrogens with one attached hydrogen (secondary N) is 2. The van der Waals surface area contributed by atoms with Crippen molar-refractivity contribution in [2.24, 2.45) is 11.8 Å². The summed E-state index contributed by atoms with van der Waals surface area (Å²) < 4.78 is 13.9. The Hall–Kier alpha value is -1.68. The van der Waals surface area contributed by atoms with Gasteiger partial charge >= 0.3 is 0 Å². The third kappa shape index (κ3) is 2.68. The first kappa shape index (κ1) is 13.9. The topological polar surface area (TPSA) is 31.6 Å². The summed E-state index contributed by atoms with van der Waals surface area (Å²) in [5.41, 5.74) is 5.43. The third-order valence-electron chi connectivity index (χ3n) is 4.86. The van der Waals surface area contributed by atoms with Crippen molar-refractivity contribution in [3.63, 3.8) is 0 Å². The molecule has 1 saturated carbocycles. The van der Waals surface area contributed by atoms with E-state index in [1.807, 2.05) is 18.3 Å². The van der Waals surface area contributed by atoms with Crippen molar-refractivity contribution in [2.45, 2.75) is 32.1 Å². The lowest BCUT2D eigenvalue weighted by Crippen LogP contribution is -2.04. The lowest BCUT2D eigenvalue weighted by molar-refractivity contribution is 0.624. The summed E-state index contributed by atoms with van der Waals surface area (Å²) in [6.45, 7) is 0. The van der Waals surface area contributed by atoms with Crippen molar-refractivity contribution >= 4 is 17.8 Å². The quantitative estimate of drug-likeness (QED) is 0.762. The van der Waals surface area contributed by atoms with Gasteiger partial charge in [0.25, 0.3) is 0 Å². The molecule has 114 valence electrons. The highest BCUT2D eigenvalue weighted by molar-refractivity contribution is 7.71. The van der Waals surface area contributed by atoms with Crippen LogP contribution in [0.2, 0.25) is 0 Å². The second kappa shape index (κ2) is 5.51. The first-order chi connectivity index (χ1) is 10.7. The Morgan fingerprint density at radius 1 is 1.14 bits per heavy atom. The maximum atomic E-state index is 13.3. The molecule has 4 rings (SSSR count). The zero-order valence-electron chi connectivity index (χ0n) is 12.4. The van der Waals surface area contributed by atoms with Crippen LogP contribution in [0.5, 0.6) is 0 Å². The fraction of sp³-hybridized carbons (Fsp3) is 0.389. The Labute approximate surface area is 134 Å². The molecule has 2 N–H and O–H groups in total. The molecule has 0 radical (unpaired) electrons. The van der Waals surface area contributed by atoms with Gasteiger partial charge in [-0.1, -0.05) is 17.7 Å². The first-order valence-electron chi connectivity index (χ1n) is 7.96. The van der Waals surface area contributed by atoms with Gasteiger partial charge in [-0.2, -0.15) is 0 Å². The summed E-state index contributed by atoms with van der Waals surface area (Å²) >= 11 is 5.12. The van der Waals surface area contributed by atoms with E-state index in [2.05, 4.69) is 9.97 Å². The van der Waals surface area contributed by atoms with Crippen LogP contribution < -0.4 is 0 Å². The Kier molecular flexibility index (Phi) is 3.49. The van der Waals surface area contributed by atoms with Crippen LogP contribution in [-0.2, 0) is 6.42 Å². The predicted molar refractivity (Wildman–Crippen MR) is 88.4 cm³/mol. The van der Waals surface area contributed by atoms with Crippen LogP contribution in [0.4, 0.5) is 4.39 Å². The molecular weight excluding hydrogens is 295 g/mol. The molecule has 0 amide bonds. The summed E-state index contributed by atoms with van der Waals surface area (Å²) in [6.07, 6.45) is 7.95. The Balaban J connectivity index is 1.69. The molecule has 1 unspecified atom stereocenters. The van der Waals surface area contributed by atoms with Gasteiger partial charge in [-0.25, -0.2) is 4.39 Å². The second-order valence-corrected chi connectivity index (χ2v) is 6.84. The summed E-state index contributed by atoms with van der Waals surface area (Å²) in [5.74, 6) is 1.11. The van der Waals surface area contributed by atoms with Gasteiger partial charge < -0.3 is 9.97 Å². The number of hydrogen-bond donors (Lipinski definition) is 2. The number of aromatic amines is 2. The molecular formula is C18H19FN2S. The van der Waals surface area contributed by atoms with Crippen LogP contribution in [0.3, 0.4) is 0 Å². The Morgan fingerprint density at radius 3 is 2.55 bits per heavy atom. The van der Waals surface area contributed by atoms with Crippen molar-refractivity contribution in [1.82, 2.24) is 9.97 Å². The van der Waals surface area contributed by atoms with E-state index in [1.165, 1.54) is 36.8 Å². The molecule has 2 aromatic rings. The maximum Gasteiger partial charge on any atom is 0.174 e. The van der Waals surface area contributed by atoms with Gasteiger partial charge in [-0.15, -0.1) is 0 Å². The van der Waals surface area contributed by atoms with Gasteiger partial charge in [0.05, 0.1) is 0 Å². The van der Waals surface area contributed by atoms with E-state index in [0.717, 1.165) is 18.0 Å². The van der Waals surface area contributed by atoms with Gasteiger partial charge in [0.15, 0.2) is 4.77 Å². The van der Waals surface area contributed by atoms with Gasteiger partial charge in [0.1, 0.15) is 5.82 Å². The molecule has 1 heterocycles. The number of H-pyrrole nitrogens is 2. The number of benzene rings is 1. The monoisotopic (exact) mass is 314 g/mol. The normalized spacial score (nSPS) is 21.6. The Bertz CT molecular complexity index is 765. The largest absolute Gasteiger partial charge is 0.337 e. The van der Waals surface area contributed by atoms with Gasteiger partial charge in [-0.3, -0.25) is 0 Å². The van der Waals surface area contributed by atoms with Crippen LogP contribution in [-0.4, -0.2) is 9.97 Å². The standard InChI is InChI=1S/C18H19FN2S/c19-14-6-3-12(4-7-14)17-13(5-8-16(17)11-1-2-11)9-15-10-20-18(22)21-15/h3-4,6-7,10-11,13H,1-2,5,8-9H2,(H2,20,21,22). The van der Waals surface area contributed by atoms with Crippen molar-refractivity contribution in [3.8, 4) is 0 Å². The molecule has 0 bridgehead atoms. The van der Waals surface area contributed by atoms with Gasteiger partial charge in [0, 0.05) is 11.9 Å². The molecule has 0 saturated heterocycles. The molecule has 0 aliphatic heterocycles. The first-order valence-corrected chi connectivity index (χ1v) is 8.37. The summed E-state index contributed by atoms with van der Waals surface area (Å²) in [4.78, 5) is 6.26. The number of halogens is 1. The van der Waals surface area contributed by atoms with Crippen LogP contribution in [0.25, 0.3) is 5.57 Å². The zero-order valence-corrected chi connectivity index (χ0v) is 13.2. The van der Waals surface area contributed by atoms with Crippen molar-refractivity contribution < 1.29 is 4.39 Å². The lowest BCUT2D eigenvalue weighted by Gasteiger charge is -2.16. The van der Waals surface area contributed by atoms with Gasteiger partial charge in [-0.05, 0) is 79.4 Å². The highest BCUT2D eigenvalue weighted by Gasteiger charge is 2.35. The van der Waals surface area contributed by atoms with E-state index in [-0.39, 0.29) is 5.82 Å². The number of hydrogen-bond acceptors (Lipinski definition) is 1. The fourth-order valence-electron chi connectivity index (χ4n) is 3.73. The lowest BCUT2D eigenvalue weighted by atomic mass is 9.89. The molecule has 0 spiro atoms. The molecule has 2 nitrogen and oxygen atoms in total. The molecule has 2 aliphatic carbocycles. The summed E-state index contributed by atoms with van der Waals surface area (Å²) in [5, 5.41) is 0. The summed E-state index contributed by atoms with van der Waals surface area (Å²) in [7, 11) is 0. The zero-order chi connectivity index (χ0) is 15.1. The number of aromatic nitrogens is 2. The SMILES string of the molecule is Fc1ccc(C2=C(C3CC3)CCC2Cc2c[nH]c(=S)[nH]2)cc1. The third-order valence-corrected chi connectivity index (χ3v) is 5.08. The average molecular weight is 314 g/mol. The van der Waals surface area contributed by atoms with Crippen molar-refractivity contribution in [1.29, 1.82) is 0 Å². The van der Waals surface area contributed by atoms with Gasteiger partial charge in [0.2, 0.25) is 0 Å². The molecule has 1 fully saturated rings. The summed E-state index contributed by atoms with van der Waals surface area (Å²) in [6, 6.07) is 7.02. The molecule has 1 atom stereocenters. The van der Waals surface area contributed by atoms with Crippen molar-refractivity contribution in [2.75, 3.05) is 0 Å². The highest BCUT2D eigenvalue weighted by Crippen LogP contribution is 2.50. The molecule has 1 aromatic carbocycles. The van der Waals surface area contributed by atoms with E-state index < -0.39 is 0 Å². The minimum atomic E-state index is -0.165. The van der Waals surface area contributed by atoms with E-state index in [4.69, 9.17) is 12.2 Å². The van der Waals surface area contributed by atoms with Crippen LogP contribution in [0.15, 0.2) is 36.0 Å². The maximum absolute atomic E-state index is 13.3. The number of rotatable bonds is 4. The Morgan fingerprint density at radius 2 is 1.91 bits per heavy atom. The van der Waals surface area contributed by atoms with E-state index >= 15 is 0 Å². The predicted octanol–water partition coefficient (Wildman–Crippen LogP) is 5.03. The van der Waals surface area contributed by atoms with Crippen molar-refractivity contribution in [3.05, 3.63) is 57.9 Å². The second-order valence-electron chi connectivity index (χ2n) is 6.43. The minimum absolute atomic E-state index is 0.165. The van der Waals surface area contributed by atoms with Crippen LogP contribution in [0, 0.1) is 22.4 Å². The average Bonchev–Trinajstić information content (AvgIpc) is 3.15. The molecule has 1 aromatic heterocycles. The van der Waals surface area contributed by atoms with E-state index in [9.17, 15) is 4.39 Å². The number of allylic oxidation sites excluding steroid dienone is 2. The minimum Gasteiger partial charge on any atom is -0.337 e. The molecule has 2 aliphatic rings. The van der Waals surface area contributed by atoms with E-state index in [0.29, 0.717) is 10.7 Å². The van der Waals surface area contributed by atoms with E-state index in [1.54, 1.807) is 17.7 Å².